The number of thiophene rings is 1. The van der Waals surface area contributed by atoms with Crippen LogP contribution in [0.15, 0.2) is 53.4 Å². The van der Waals surface area contributed by atoms with Crippen molar-refractivity contribution in [1.82, 2.24) is 14.2 Å². The third-order valence-corrected chi connectivity index (χ3v) is 11.1. The summed E-state index contributed by atoms with van der Waals surface area (Å²) in [6.45, 7) is 9.89. The van der Waals surface area contributed by atoms with E-state index in [0.717, 1.165) is 64.7 Å². The molecule has 1 aliphatic rings. The zero-order valence-electron chi connectivity index (χ0n) is 23.0. The van der Waals surface area contributed by atoms with Crippen molar-refractivity contribution in [3.05, 3.63) is 64.5 Å². The van der Waals surface area contributed by atoms with Gasteiger partial charge in [-0.1, -0.05) is 32.9 Å². The summed E-state index contributed by atoms with van der Waals surface area (Å²) in [6.07, 6.45) is 2.41. The maximum absolute atomic E-state index is 13.4. The molecule has 3 heterocycles. The topological polar surface area (TPSA) is 82.6 Å². The number of nitrogens with zero attached hydrogens (tertiary/aromatic N) is 3. The van der Waals surface area contributed by atoms with Crippen LogP contribution in [0.2, 0.25) is 0 Å². The normalized spacial score (nSPS) is 13.8. The Hall–Kier alpha value is -2.34. The van der Waals surface area contributed by atoms with Crippen molar-refractivity contribution in [2.24, 2.45) is 0 Å². The van der Waals surface area contributed by atoms with Crippen molar-refractivity contribution < 1.29 is 13.2 Å². The smallest absolute Gasteiger partial charge is 0.256 e. The average molecular weight is 619 g/mol. The minimum absolute atomic E-state index is 0. The second kappa shape index (κ2) is 13.1. The van der Waals surface area contributed by atoms with E-state index in [0.29, 0.717) is 18.7 Å². The highest BCUT2D eigenvalue weighted by molar-refractivity contribution is 7.89. The van der Waals surface area contributed by atoms with Gasteiger partial charge in [-0.05, 0) is 67.8 Å². The fourth-order valence-corrected chi connectivity index (χ4v) is 8.99. The molecule has 1 amide bonds. The molecular weight excluding hydrogens is 584 g/mol. The van der Waals surface area contributed by atoms with E-state index in [1.807, 2.05) is 32.0 Å². The summed E-state index contributed by atoms with van der Waals surface area (Å²) in [5.41, 5.74) is 3.67. The number of rotatable bonds is 10. The van der Waals surface area contributed by atoms with E-state index in [1.54, 1.807) is 34.8 Å². The number of fused-ring (bicyclic) bond motifs is 2. The van der Waals surface area contributed by atoms with E-state index in [1.165, 1.54) is 26.9 Å². The summed E-state index contributed by atoms with van der Waals surface area (Å²) >= 11 is 3.27. The van der Waals surface area contributed by atoms with Crippen LogP contribution in [0.5, 0.6) is 0 Å². The SMILES string of the molecule is CCCN(CCC)S(=O)(=O)c1ccc(C(=O)Nc2sc3c(c2-c2nc4ccccc4s2)CCN(CC)C3)cc1.Cl. The lowest BCUT2D eigenvalue weighted by Crippen LogP contribution is -2.32. The Bertz CT molecular complexity index is 1540. The molecular formula is C29H35ClN4O3S3. The lowest BCUT2D eigenvalue weighted by Gasteiger charge is -2.25. The number of benzene rings is 2. The molecule has 0 saturated heterocycles. The maximum atomic E-state index is 13.4. The number of thiazole rings is 1. The Labute approximate surface area is 250 Å². The van der Waals surface area contributed by atoms with Crippen LogP contribution in [-0.2, 0) is 23.0 Å². The van der Waals surface area contributed by atoms with Crippen LogP contribution >= 0.6 is 35.1 Å². The fraction of sp³-hybridized carbons (Fsp3) is 0.379. The van der Waals surface area contributed by atoms with Crippen molar-refractivity contribution in [3.8, 4) is 10.6 Å². The number of carbonyl (C=O) groups excluding carboxylic acids is 1. The van der Waals surface area contributed by atoms with Crippen molar-refractivity contribution in [3.63, 3.8) is 0 Å². The molecule has 5 rings (SSSR count). The number of likely N-dealkylation sites (N-methyl/N-ethyl adjacent to an activating group) is 1. The molecule has 4 aromatic rings. The van der Waals surface area contributed by atoms with Gasteiger partial charge in [-0.25, -0.2) is 13.4 Å². The van der Waals surface area contributed by atoms with Gasteiger partial charge in [0.2, 0.25) is 10.0 Å². The number of sulfonamides is 1. The van der Waals surface area contributed by atoms with Gasteiger partial charge in [0.1, 0.15) is 10.0 Å². The number of aromatic nitrogens is 1. The Morgan fingerprint density at radius 3 is 2.38 bits per heavy atom. The van der Waals surface area contributed by atoms with Gasteiger partial charge >= 0.3 is 0 Å². The molecule has 0 fully saturated rings. The Kier molecular flexibility index (Phi) is 10.0. The number of halogens is 1. The summed E-state index contributed by atoms with van der Waals surface area (Å²) < 4.78 is 28.9. The van der Waals surface area contributed by atoms with E-state index in [2.05, 4.69) is 23.2 Å². The number of nitrogens with one attached hydrogen (secondary N) is 1. The summed E-state index contributed by atoms with van der Waals surface area (Å²) in [4.78, 5) is 22.2. The molecule has 0 spiro atoms. The van der Waals surface area contributed by atoms with Crippen LogP contribution < -0.4 is 5.32 Å². The Morgan fingerprint density at radius 2 is 1.73 bits per heavy atom. The van der Waals surface area contributed by atoms with E-state index >= 15 is 0 Å². The van der Waals surface area contributed by atoms with Gasteiger partial charge in [-0.2, -0.15) is 4.31 Å². The lowest BCUT2D eigenvalue weighted by molar-refractivity contribution is 0.102. The first kappa shape index (κ1) is 30.6. The van der Waals surface area contributed by atoms with Crippen LogP contribution in [0.4, 0.5) is 5.00 Å². The largest absolute Gasteiger partial charge is 0.313 e. The highest BCUT2D eigenvalue weighted by Crippen LogP contribution is 2.45. The van der Waals surface area contributed by atoms with Crippen molar-refractivity contribution in [2.45, 2.75) is 51.5 Å². The monoisotopic (exact) mass is 618 g/mol. The van der Waals surface area contributed by atoms with E-state index in [4.69, 9.17) is 4.98 Å². The molecule has 0 aliphatic carbocycles. The number of para-hydroxylation sites is 1. The highest BCUT2D eigenvalue weighted by atomic mass is 35.5. The number of anilines is 1. The zero-order chi connectivity index (χ0) is 27.6. The molecule has 40 heavy (non-hydrogen) atoms. The Morgan fingerprint density at radius 1 is 1.02 bits per heavy atom. The predicted molar refractivity (Wildman–Crippen MR) is 169 cm³/mol. The molecule has 1 aliphatic heterocycles. The summed E-state index contributed by atoms with van der Waals surface area (Å²) in [5, 5.41) is 4.87. The highest BCUT2D eigenvalue weighted by Gasteiger charge is 2.28. The van der Waals surface area contributed by atoms with E-state index < -0.39 is 10.0 Å². The number of hydrogen-bond donors (Lipinski definition) is 1. The molecule has 11 heteroatoms. The molecule has 0 radical (unpaired) electrons. The van der Waals surface area contributed by atoms with Gasteiger partial charge in [-0.15, -0.1) is 35.1 Å². The van der Waals surface area contributed by atoms with Gasteiger partial charge in [-0.3, -0.25) is 9.69 Å². The minimum atomic E-state index is -3.60. The number of amides is 1. The maximum Gasteiger partial charge on any atom is 0.256 e. The van der Waals surface area contributed by atoms with Gasteiger partial charge < -0.3 is 5.32 Å². The third-order valence-electron chi connectivity index (χ3n) is 7.02. The molecule has 214 valence electrons. The first-order valence-corrected chi connectivity index (χ1v) is 16.6. The number of carbonyl (C=O) groups is 1. The fourth-order valence-electron chi connectivity index (χ4n) is 4.97. The molecule has 0 unspecified atom stereocenters. The third kappa shape index (κ3) is 6.12. The van der Waals surface area contributed by atoms with Crippen LogP contribution in [-0.4, -0.2) is 54.7 Å². The van der Waals surface area contributed by atoms with Gasteiger partial charge in [0.25, 0.3) is 5.91 Å². The molecule has 2 aromatic carbocycles. The molecule has 0 atom stereocenters. The summed E-state index contributed by atoms with van der Waals surface area (Å²) in [6, 6.07) is 14.4. The van der Waals surface area contributed by atoms with Crippen molar-refractivity contribution in [1.29, 1.82) is 0 Å². The first-order valence-electron chi connectivity index (χ1n) is 13.5. The minimum Gasteiger partial charge on any atom is -0.313 e. The number of hydrogen-bond acceptors (Lipinski definition) is 7. The summed E-state index contributed by atoms with van der Waals surface area (Å²) in [7, 11) is -3.60. The molecule has 7 nitrogen and oxygen atoms in total. The quantitative estimate of drug-likeness (QED) is 0.209. The van der Waals surface area contributed by atoms with Crippen LogP contribution in [0.25, 0.3) is 20.8 Å². The molecule has 0 bridgehead atoms. The lowest BCUT2D eigenvalue weighted by atomic mass is 10.0. The Balaban J connectivity index is 0.00000370. The second-order valence-electron chi connectivity index (χ2n) is 9.70. The predicted octanol–water partition coefficient (Wildman–Crippen LogP) is 6.89. The zero-order valence-corrected chi connectivity index (χ0v) is 26.2. The van der Waals surface area contributed by atoms with Gasteiger partial charge in [0, 0.05) is 42.2 Å². The van der Waals surface area contributed by atoms with Crippen LogP contribution in [0.1, 0.15) is 54.4 Å². The summed E-state index contributed by atoms with van der Waals surface area (Å²) in [5.74, 6) is -0.258. The molecule has 2 aromatic heterocycles. The van der Waals surface area contributed by atoms with Crippen LogP contribution in [0.3, 0.4) is 0 Å². The van der Waals surface area contributed by atoms with Crippen LogP contribution in [0, 0.1) is 0 Å². The second-order valence-corrected chi connectivity index (χ2v) is 13.8. The first-order chi connectivity index (χ1) is 18.8. The van der Waals surface area contributed by atoms with Gasteiger partial charge in [0.05, 0.1) is 15.1 Å². The van der Waals surface area contributed by atoms with E-state index in [9.17, 15) is 13.2 Å². The molecule has 0 saturated carbocycles. The van der Waals surface area contributed by atoms with Crippen molar-refractivity contribution >= 4 is 66.2 Å². The van der Waals surface area contributed by atoms with E-state index in [-0.39, 0.29) is 23.2 Å². The van der Waals surface area contributed by atoms with Crippen molar-refractivity contribution in [2.75, 3.05) is 31.5 Å². The molecule has 1 N–H and O–H groups in total. The standard InChI is InChI=1S/C29H34N4O3S3.ClH/c1-4-16-33(17-5-2)39(35,36)21-13-11-20(12-14-21)27(34)31-29-26(22-15-18-32(6-3)19-25(22)38-29)28-30-23-9-7-8-10-24(23)37-28;/h7-14H,4-6,15-19H2,1-3H3,(H,31,34);1H. The average Bonchev–Trinajstić information content (AvgIpc) is 3.53. The van der Waals surface area contributed by atoms with Gasteiger partial charge in [0.15, 0.2) is 0 Å².